The van der Waals surface area contributed by atoms with Gasteiger partial charge in [-0.2, -0.15) is 0 Å². The number of aromatic nitrogens is 2. The quantitative estimate of drug-likeness (QED) is 0.475. The van der Waals surface area contributed by atoms with E-state index in [2.05, 4.69) is 24.1 Å². The van der Waals surface area contributed by atoms with Crippen LogP contribution >= 0.6 is 0 Å². The number of rotatable bonds is 7. The van der Waals surface area contributed by atoms with Crippen LogP contribution in [-0.4, -0.2) is 29.2 Å². The Balaban J connectivity index is 1.81. The SMILES string of the molecule is CCOC(=O)c1c(-c2cccnc2OC)c2c(n1Cc1cc(F)ccc1F)=CCC([C@H]1C[C@H]1C)C=2. The van der Waals surface area contributed by atoms with E-state index in [4.69, 9.17) is 9.47 Å². The van der Waals surface area contributed by atoms with Crippen molar-refractivity contribution < 1.29 is 23.0 Å². The van der Waals surface area contributed by atoms with Crippen molar-refractivity contribution in [2.24, 2.45) is 17.8 Å². The third-order valence-electron chi connectivity index (χ3n) is 7.07. The Kier molecular flexibility index (Phi) is 6.17. The minimum Gasteiger partial charge on any atom is -0.481 e. The van der Waals surface area contributed by atoms with Crippen molar-refractivity contribution in [2.75, 3.05) is 13.7 Å². The Hall–Kier alpha value is -3.48. The summed E-state index contributed by atoms with van der Waals surface area (Å²) < 4.78 is 41.5. The molecular weight excluding hydrogens is 450 g/mol. The number of carbonyl (C=O) groups is 1. The summed E-state index contributed by atoms with van der Waals surface area (Å²) in [6.45, 7) is 4.16. The zero-order chi connectivity index (χ0) is 24.7. The molecule has 7 heteroatoms. The average molecular weight is 479 g/mol. The van der Waals surface area contributed by atoms with Crippen molar-refractivity contribution in [3.05, 3.63) is 70.0 Å². The lowest BCUT2D eigenvalue weighted by Gasteiger charge is -2.14. The number of pyridine rings is 1. The number of ether oxygens (including phenoxy) is 2. The molecule has 1 unspecified atom stereocenters. The van der Waals surface area contributed by atoms with Crippen LogP contribution in [0.25, 0.3) is 23.3 Å². The van der Waals surface area contributed by atoms with Gasteiger partial charge in [0.2, 0.25) is 5.88 Å². The van der Waals surface area contributed by atoms with Crippen LogP contribution in [0.5, 0.6) is 5.88 Å². The number of benzene rings is 1. The molecule has 2 aliphatic rings. The summed E-state index contributed by atoms with van der Waals surface area (Å²) >= 11 is 0. The number of methoxy groups -OCH3 is 1. The molecule has 182 valence electrons. The van der Waals surface area contributed by atoms with E-state index in [1.807, 2.05) is 6.07 Å². The lowest BCUT2D eigenvalue weighted by Crippen LogP contribution is -2.34. The second-order valence-corrected chi connectivity index (χ2v) is 9.27. The maximum atomic E-state index is 14.7. The van der Waals surface area contributed by atoms with E-state index in [-0.39, 0.29) is 24.4 Å². The topological polar surface area (TPSA) is 53.4 Å². The maximum Gasteiger partial charge on any atom is 0.355 e. The van der Waals surface area contributed by atoms with E-state index in [1.165, 1.54) is 19.6 Å². The van der Waals surface area contributed by atoms with Gasteiger partial charge in [-0.15, -0.1) is 0 Å². The van der Waals surface area contributed by atoms with Crippen LogP contribution in [0.2, 0.25) is 0 Å². The van der Waals surface area contributed by atoms with Crippen molar-refractivity contribution >= 4 is 18.1 Å². The molecule has 0 N–H and O–H groups in total. The number of esters is 1. The fourth-order valence-electron chi connectivity index (χ4n) is 5.25. The fraction of sp³-hybridized carbons (Fsp3) is 0.357. The first-order valence-corrected chi connectivity index (χ1v) is 12.0. The third-order valence-corrected chi connectivity index (χ3v) is 7.07. The summed E-state index contributed by atoms with van der Waals surface area (Å²) in [6.07, 6.45) is 7.96. The lowest BCUT2D eigenvalue weighted by atomic mass is 9.92. The Morgan fingerprint density at radius 1 is 1.26 bits per heavy atom. The minimum absolute atomic E-state index is 0.0164. The van der Waals surface area contributed by atoms with Crippen LogP contribution in [0.3, 0.4) is 0 Å². The van der Waals surface area contributed by atoms with Crippen LogP contribution < -0.4 is 15.3 Å². The largest absolute Gasteiger partial charge is 0.481 e. The Morgan fingerprint density at radius 3 is 2.77 bits per heavy atom. The molecule has 1 aromatic carbocycles. The van der Waals surface area contributed by atoms with Crippen molar-refractivity contribution in [2.45, 2.75) is 33.2 Å². The predicted octanol–water partition coefficient (Wildman–Crippen LogP) is 4.30. The lowest BCUT2D eigenvalue weighted by molar-refractivity contribution is 0.0515. The number of carbonyl (C=O) groups excluding carboxylic acids is 1. The Bertz CT molecular complexity index is 1410. The predicted molar refractivity (Wildman–Crippen MR) is 129 cm³/mol. The fourth-order valence-corrected chi connectivity index (χ4v) is 5.25. The van der Waals surface area contributed by atoms with E-state index < -0.39 is 17.6 Å². The van der Waals surface area contributed by atoms with Gasteiger partial charge in [0.15, 0.2) is 0 Å². The Labute approximate surface area is 202 Å². The van der Waals surface area contributed by atoms with E-state index >= 15 is 0 Å². The summed E-state index contributed by atoms with van der Waals surface area (Å²) in [6, 6.07) is 7.01. The highest BCUT2D eigenvalue weighted by molar-refractivity contribution is 5.97. The average Bonchev–Trinajstić information content (AvgIpc) is 3.51. The molecule has 5 rings (SSSR count). The summed E-state index contributed by atoms with van der Waals surface area (Å²) in [7, 11) is 1.53. The summed E-state index contributed by atoms with van der Waals surface area (Å²) in [4.78, 5) is 17.7. The molecule has 0 saturated heterocycles. The van der Waals surface area contributed by atoms with Crippen molar-refractivity contribution in [3.63, 3.8) is 0 Å². The van der Waals surface area contributed by atoms with E-state index in [1.54, 1.807) is 23.8 Å². The number of hydrogen-bond donors (Lipinski definition) is 0. The molecule has 2 heterocycles. The summed E-state index contributed by atoms with van der Waals surface area (Å²) in [5.74, 6) is 0.383. The smallest absolute Gasteiger partial charge is 0.355 e. The van der Waals surface area contributed by atoms with Gasteiger partial charge in [0.25, 0.3) is 0 Å². The van der Waals surface area contributed by atoms with E-state index in [9.17, 15) is 13.6 Å². The molecular formula is C28H28F2N2O3. The standard InChI is InChI=1S/C28H28F2N2O3/c1-4-35-28(33)26-25(20-6-5-11-31-27(20)34-3)22-14-17(21-12-16(21)2)7-10-24(22)32(26)15-18-13-19(29)8-9-23(18)30/h5-6,8-11,13-14,16-17,21H,4,7,12,15H2,1-3H3/t16-,17?,21+/m1/s1. The van der Waals surface area contributed by atoms with Gasteiger partial charge in [0.1, 0.15) is 17.3 Å². The molecule has 5 nitrogen and oxygen atoms in total. The molecule has 0 amide bonds. The van der Waals surface area contributed by atoms with Crippen LogP contribution in [0.4, 0.5) is 8.78 Å². The molecule has 1 fully saturated rings. The highest BCUT2D eigenvalue weighted by Crippen LogP contribution is 2.46. The molecule has 0 radical (unpaired) electrons. The number of nitrogens with zero attached hydrogens (tertiary/aromatic N) is 2. The van der Waals surface area contributed by atoms with Crippen LogP contribution in [0, 0.1) is 29.4 Å². The van der Waals surface area contributed by atoms with Crippen molar-refractivity contribution in [3.8, 4) is 17.0 Å². The minimum atomic E-state index is -0.535. The number of halogens is 2. The molecule has 1 saturated carbocycles. The monoisotopic (exact) mass is 478 g/mol. The van der Waals surface area contributed by atoms with Gasteiger partial charge in [-0.3, -0.25) is 0 Å². The van der Waals surface area contributed by atoms with E-state index in [0.29, 0.717) is 34.8 Å². The van der Waals surface area contributed by atoms with Gasteiger partial charge in [-0.1, -0.05) is 19.1 Å². The van der Waals surface area contributed by atoms with Gasteiger partial charge >= 0.3 is 5.97 Å². The van der Waals surface area contributed by atoms with Crippen molar-refractivity contribution in [1.29, 1.82) is 0 Å². The van der Waals surface area contributed by atoms with Gasteiger partial charge in [-0.05, 0) is 67.9 Å². The highest BCUT2D eigenvalue weighted by atomic mass is 19.1. The van der Waals surface area contributed by atoms with Crippen molar-refractivity contribution in [1.82, 2.24) is 9.55 Å². The molecule has 3 atom stereocenters. The van der Waals surface area contributed by atoms with Crippen LogP contribution in [-0.2, 0) is 11.3 Å². The second-order valence-electron chi connectivity index (χ2n) is 9.27. The molecule has 2 aromatic heterocycles. The van der Waals surface area contributed by atoms with Crippen LogP contribution in [0.15, 0.2) is 36.5 Å². The van der Waals surface area contributed by atoms with Gasteiger partial charge in [-0.25, -0.2) is 18.6 Å². The third kappa shape index (κ3) is 4.24. The second kappa shape index (κ2) is 9.29. The zero-order valence-electron chi connectivity index (χ0n) is 20.1. The first-order valence-electron chi connectivity index (χ1n) is 12.0. The molecule has 35 heavy (non-hydrogen) atoms. The molecule has 2 aliphatic carbocycles. The van der Waals surface area contributed by atoms with Gasteiger partial charge in [0, 0.05) is 33.5 Å². The maximum absolute atomic E-state index is 14.7. The molecule has 0 spiro atoms. The molecule has 0 bridgehead atoms. The van der Waals surface area contributed by atoms with Gasteiger partial charge in [0.05, 0.1) is 20.3 Å². The van der Waals surface area contributed by atoms with Crippen LogP contribution in [0.1, 0.15) is 42.7 Å². The van der Waals surface area contributed by atoms with E-state index in [0.717, 1.165) is 29.1 Å². The first-order chi connectivity index (χ1) is 16.9. The number of hydrogen-bond acceptors (Lipinski definition) is 4. The zero-order valence-corrected chi connectivity index (χ0v) is 20.1. The Morgan fingerprint density at radius 2 is 2.06 bits per heavy atom. The summed E-state index contributed by atoms with van der Waals surface area (Å²) in [5.41, 5.74) is 1.74. The summed E-state index contributed by atoms with van der Waals surface area (Å²) in [5, 5.41) is 1.67. The molecule has 3 aromatic rings. The normalized spacial score (nSPS) is 20.4. The first kappa shape index (κ1) is 23.3. The number of fused-ring (bicyclic) bond motifs is 1. The molecule has 0 aliphatic heterocycles. The van der Waals surface area contributed by atoms with Gasteiger partial charge < -0.3 is 14.0 Å². The highest BCUT2D eigenvalue weighted by Gasteiger charge is 2.39.